The van der Waals surface area contributed by atoms with Gasteiger partial charge in [0, 0.05) is 18.0 Å². The molecule has 1 aromatic carbocycles. The lowest BCUT2D eigenvalue weighted by Gasteiger charge is -2.22. The third kappa shape index (κ3) is 3.52. The fourth-order valence-electron chi connectivity index (χ4n) is 2.32. The van der Waals surface area contributed by atoms with Crippen molar-refractivity contribution in [2.24, 2.45) is 0 Å². The van der Waals surface area contributed by atoms with E-state index in [1.54, 1.807) is 18.2 Å². The summed E-state index contributed by atoms with van der Waals surface area (Å²) in [6, 6.07) is 7.36. The van der Waals surface area contributed by atoms with Crippen LogP contribution < -0.4 is 5.73 Å². The van der Waals surface area contributed by atoms with Crippen LogP contribution in [0.3, 0.4) is 0 Å². The molecule has 0 aliphatic heterocycles. The number of phenolic OH excluding ortho intramolecular Hbond substituents is 1. The zero-order valence-electron chi connectivity index (χ0n) is 11.5. The lowest BCUT2D eigenvalue weighted by molar-refractivity contribution is -0.131. The molecule has 3 N–H and O–H groups in total. The number of nitrogen functional groups attached to an aromatic ring is 1. The summed E-state index contributed by atoms with van der Waals surface area (Å²) in [5, 5.41) is 11.8. The summed E-state index contributed by atoms with van der Waals surface area (Å²) in [7, 11) is 0. The predicted octanol–water partition coefficient (Wildman–Crippen LogP) is 2.16. The first-order valence-corrected chi connectivity index (χ1v) is 7.77. The number of phenols is 1. The molecule has 0 spiro atoms. The molecule has 0 unspecified atom stereocenters. The van der Waals surface area contributed by atoms with Crippen molar-refractivity contribution in [3.05, 3.63) is 40.9 Å². The third-order valence-electron chi connectivity index (χ3n) is 3.47. The number of aromatic hydroxyl groups is 1. The van der Waals surface area contributed by atoms with E-state index in [9.17, 15) is 9.90 Å². The molecule has 1 heterocycles. The molecule has 3 rings (SSSR count). The molecule has 21 heavy (non-hydrogen) atoms. The quantitative estimate of drug-likeness (QED) is 0.887. The Hall–Kier alpha value is -2.08. The molecule has 0 saturated heterocycles. The fourth-order valence-corrected chi connectivity index (χ4v) is 2.88. The third-order valence-corrected chi connectivity index (χ3v) is 4.20. The summed E-state index contributed by atoms with van der Waals surface area (Å²) in [5.74, 6) is 0.286. The van der Waals surface area contributed by atoms with Crippen LogP contribution in [-0.4, -0.2) is 26.9 Å². The highest BCUT2D eigenvalue weighted by Gasteiger charge is 2.32. The van der Waals surface area contributed by atoms with Crippen molar-refractivity contribution >= 4 is 22.4 Å². The summed E-state index contributed by atoms with van der Waals surface area (Å²) in [5.41, 5.74) is 7.26. The first kappa shape index (κ1) is 13.9. The number of anilines is 1. The van der Waals surface area contributed by atoms with E-state index in [0.29, 0.717) is 17.7 Å². The lowest BCUT2D eigenvalue weighted by atomic mass is 10.2. The van der Waals surface area contributed by atoms with Gasteiger partial charge in [-0.1, -0.05) is 12.1 Å². The fraction of sp³-hybridized carbons (Fsp3) is 0.333. The van der Waals surface area contributed by atoms with Gasteiger partial charge in [0.15, 0.2) is 5.13 Å². The number of rotatable bonds is 5. The van der Waals surface area contributed by atoms with Crippen LogP contribution in [0.25, 0.3) is 0 Å². The van der Waals surface area contributed by atoms with Gasteiger partial charge < -0.3 is 15.7 Å². The average Bonchev–Trinajstić information content (AvgIpc) is 3.20. The molecular formula is C15H17N3O2S. The summed E-state index contributed by atoms with van der Waals surface area (Å²) in [6.07, 6.45) is 2.37. The summed E-state index contributed by atoms with van der Waals surface area (Å²) < 4.78 is 0. The molecule has 0 radical (unpaired) electrons. The van der Waals surface area contributed by atoms with Crippen LogP contribution in [0, 0.1) is 0 Å². The Balaban J connectivity index is 1.70. The van der Waals surface area contributed by atoms with E-state index >= 15 is 0 Å². The second-order valence-electron chi connectivity index (χ2n) is 5.28. The number of amides is 1. The Labute approximate surface area is 127 Å². The number of carbonyl (C=O) groups is 1. The van der Waals surface area contributed by atoms with Crippen LogP contribution >= 0.6 is 11.3 Å². The monoisotopic (exact) mass is 303 g/mol. The van der Waals surface area contributed by atoms with E-state index in [2.05, 4.69) is 4.98 Å². The molecular weight excluding hydrogens is 286 g/mol. The number of carbonyl (C=O) groups excluding carboxylic acids is 1. The number of hydrogen-bond acceptors (Lipinski definition) is 5. The molecule has 2 aromatic rings. The Morgan fingerprint density at radius 3 is 2.90 bits per heavy atom. The normalized spacial score (nSPS) is 14.1. The maximum atomic E-state index is 12.5. The topological polar surface area (TPSA) is 79.5 Å². The van der Waals surface area contributed by atoms with Gasteiger partial charge in [-0.3, -0.25) is 4.79 Å². The SMILES string of the molecule is Nc1nc(CC(=O)N(Cc2cccc(O)c2)C2CC2)cs1. The molecule has 5 nitrogen and oxygen atoms in total. The largest absolute Gasteiger partial charge is 0.508 e. The van der Waals surface area contributed by atoms with Crippen molar-refractivity contribution < 1.29 is 9.90 Å². The van der Waals surface area contributed by atoms with Gasteiger partial charge in [-0.15, -0.1) is 11.3 Å². The Bertz CT molecular complexity index is 652. The molecule has 110 valence electrons. The predicted molar refractivity (Wildman–Crippen MR) is 81.9 cm³/mol. The maximum Gasteiger partial charge on any atom is 0.229 e. The van der Waals surface area contributed by atoms with E-state index in [-0.39, 0.29) is 18.1 Å². The molecule has 1 aliphatic rings. The van der Waals surface area contributed by atoms with Crippen LogP contribution in [-0.2, 0) is 17.8 Å². The van der Waals surface area contributed by atoms with Crippen molar-refractivity contribution in [3.63, 3.8) is 0 Å². The van der Waals surface area contributed by atoms with Crippen LogP contribution in [0.1, 0.15) is 24.1 Å². The zero-order chi connectivity index (χ0) is 14.8. The second kappa shape index (κ2) is 5.73. The van der Waals surface area contributed by atoms with Gasteiger partial charge in [0.2, 0.25) is 5.91 Å². The van der Waals surface area contributed by atoms with E-state index in [1.807, 2.05) is 16.3 Å². The number of nitrogens with two attached hydrogens (primary N) is 1. The molecule has 1 amide bonds. The highest BCUT2D eigenvalue weighted by molar-refractivity contribution is 7.13. The van der Waals surface area contributed by atoms with Gasteiger partial charge in [-0.05, 0) is 30.5 Å². The van der Waals surface area contributed by atoms with E-state index in [4.69, 9.17) is 5.73 Å². The number of benzene rings is 1. The first-order chi connectivity index (χ1) is 10.1. The molecule has 1 saturated carbocycles. The Kier molecular flexibility index (Phi) is 3.79. The minimum atomic E-state index is 0.0612. The van der Waals surface area contributed by atoms with Gasteiger partial charge in [0.05, 0.1) is 12.1 Å². The van der Waals surface area contributed by atoms with E-state index < -0.39 is 0 Å². The van der Waals surface area contributed by atoms with Crippen LogP contribution in [0.4, 0.5) is 5.13 Å². The molecule has 1 fully saturated rings. The molecule has 1 aromatic heterocycles. The average molecular weight is 303 g/mol. The van der Waals surface area contributed by atoms with Crippen molar-refractivity contribution in [3.8, 4) is 5.75 Å². The molecule has 6 heteroatoms. The zero-order valence-corrected chi connectivity index (χ0v) is 12.3. The second-order valence-corrected chi connectivity index (χ2v) is 6.17. The van der Waals surface area contributed by atoms with Crippen LogP contribution in [0.2, 0.25) is 0 Å². The summed E-state index contributed by atoms with van der Waals surface area (Å²) in [4.78, 5) is 18.5. The van der Waals surface area contributed by atoms with Gasteiger partial charge in [-0.2, -0.15) is 0 Å². The minimum Gasteiger partial charge on any atom is -0.508 e. The molecule has 1 aliphatic carbocycles. The van der Waals surface area contributed by atoms with Crippen molar-refractivity contribution in [1.82, 2.24) is 9.88 Å². The minimum absolute atomic E-state index is 0.0612. The van der Waals surface area contributed by atoms with E-state index in [1.165, 1.54) is 11.3 Å². The summed E-state index contributed by atoms with van der Waals surface area (Å²) >= 11 is 1.35. The number of aromatic nitrogens is 1. The van der Waals surface area contributed by atoms with Gasteiger partial charge in [0.25, 0.3) is 0 Å². The molecule has 0 atom stereocenters. The highest BCUT2D eigenvalue weighted by atomic mass is 32.1. The van der Waals surface area contributed by atoms with Crippen molar-refractivity contribution in [2.45, 2.75) is 31.8 Å². The van der Waals surface area contributed by atoms with Gasteiger partial charge >= 0.3 is 0 Å². The maximum absolute atomic E-state index is 12.5. The first-order valence-electron chi connectivity index (χ1n) is 6.89. The van der Waals surface area contributed by atoms with Crippen molar-refractivity contribution in [2.75, 3.05) is 5.73 Å². The number of hydrogen-bond donors (Lipinski definition) is 2. The van der Waals surface area contributed by atoms with E-state index in [0.717, 1.165) is 24.1 Å². The number of thiazole rings is 1. The highest BCUT2D eigenvalue weighted by Crippen LogP contribution is 2.29. The van der Waals surface area contributed by atoms with Crippen molar-refractivity contribution in [1.29, 1.82) is 0 Å². The lowest BCUT2D eigenvalue weighted by Crippen LogP contribution is -2.33. The summed E-state index contributed by atoms with van der Waals surface area (Å²) in [6.45, 7) is 0.525. The number of nitrogens with zero attached hydrogens (tertiary/aromatic N) is 2. The Morgan fingerprint density at radius 1 is 1.48 bits per heavy atom. The smallest absolute Gasteiger partial charge is 0.229 e. The van der Waals surface area contributed by atoms with Gasteiger partial charge in [0.1, 0.15) is 5.75 Å². The Morgan fingerprint density at radius 2 is 2.29 bits per heavy atom. The molecule has 0 bridgehead atoms. The standard InChI is InChI=1S/C15H17N3O2S/c16-15-17-11(9-21-15)7-14(20)18(12-4-5-12)8-10-2-1-3-13(19)6-10/h1-3,6,9,12,19H,4-5,7-8H2,(H2,16,17). The van der Waals surface area contributed by atoms with Crippen LogP contribution in [0.5, 0.6) is 5.75 Å². The van der Waals surface area contributed by atoms with Gasteiger partial charge in [-0.25, -0.2) is 4.98 Å². The van der Waals surface area contributed by atoms with Crippen LogP contribution in [0.15, 0.2) is 29.6 Å².